The molecule has 0 saturated heterocycles. The number of benzene rings is 1. The fourth-order valence-electron chi connectivity index (χ4n) is 2.76. The van der Waals surface area contributed by atoms with Crippen molar-refractivity contribution in [2.75, 3.05) is 25.0 Å². The van der Waals surface area contributed by atoms with Crippen molar-refractivity contribution in [1.82, 2.24) is 0 Å². The molecule has 1 heterocycles. The minimum Gasteiger partial charge on any atom is -0.462 e. The van der Waals surface area contributed by atoms with E-state index >= 15 is 0 Å². The van der Waals surface area contributed by atoms with E-state index in [4.69, 9.17) is 4.74 Å². The molecule has 140 valence electrons. The number of amides is 1. The largest absolute Gasteiger partial charge is 0.462 e. The van der Waals surface area contributed by atoms with Crippen LogP contribution in [0.2, 0.25) is 0 Å². The molecule has 0 radical (unpaired) electrons. The number of esters is 1. The predicted molar refractivity (Wildman–Crippen MR) is 105 cm³/mol. The maximum absolute atomic E-state index is 12.5. The van der Waals surface area contributed by atoms with Crippen molar-refractivity contribution < 1.29 is 19.2 Å². The van der Waals surface area contributed by atoms with E-state index in [2.05, 4.69) is 24.4 Å². The quantitative estimate of drug-likeness (QED) is 0.697. The van der Waals surface area contributed by atoms with Crippen LogP contribution in [0.3, 0.4) is 0 Å². The first-order valence-electron chi connectivity index (χ1n) is 8.90. The molecule has 1 atom stereocenters. The minimum atomic E-state index is -0.381. The van der Waals surface area contributed by atoms with Gasteiger partial charge >= 0.3 is 5.97 Å². The maximum atomic E-state index is 12.5. The number of aryl methyl sites for hydroxylation is 1. The average molecular weight is 376 g/mol. The van der Waals surface area contributed by atoms with Crippen LogP contribution in [-0.2, 0) is 16.1 Å². The van der Waals surface area contributed by atoms with E-state index in [-0.39, 0.29) is 11.9 Å². The number of hydrogen-bond acceptors (Lipinski definition) is 4. The fraction of sp³-hybridized carbons (Fsp3) is 0.400. The van der Waals surface area contributed by atoms with Gasteiger partial charge in [-0.1, -0.05) is 30.3 Å². The SMILES string of the molecule is CCOC(=O)c1c(NC(=O)C[NH+](CC)Cc2ccccc2)sc(C)c1C. The van der Waals surface area contributed by atoms with Crippen molar-refractivity contribution >= 4 is 28.2 Å². The zero-order valence-corrected chi connectivity index (χ0v) is 16.7. The van der Waals surface area contributed by atoms with Gasteiger partial charge in [0.15, 0.2) is 6.54 Å². The summed E-state index contributed by atoms with van der Waals surface area (Å²) in [6.07, 6.45) is 0. The third-order valence-corrected chi connectivity index (χ3v) is 5.45. The van der Waals surface area contributed by atoms with Gasteiger partial charge in [0, 0.05) is 10.4 Å². The molecule has 2 aromatic rings. The number of rotatable bonds is 8. The molecular formula is C20H27N2O3S+. The zero-order valence-electron chi connectivity index (χ0n) is 15.8. The Hall–Kier alpha value is -2.18. The standard InChI is InChI=1S/C20H26N2O3S/c1-5-22(12-16-10-8-7-9-11-16)13-17(23)21-19-18(20(24)25-6-2)14(3)15(4)26-19/h7-11H,5-6,12-13H2,1-4H3,(H,21,23)/p+1. The third kappa shape index (κ3) is 5.16. The Morgan fingerprint density at radius 2 is 1.85 bits per heavy atom. The molecular weight excluding hydrogens is 348 g/mol. The number of nitrogens with one attached hydrogen (secondary N) is 2. The van der Waals surface area contributed by atoms with Crippen LogP contribution in [0, 0.1) is 13.8 Å². The van der Waals surface area contributed by atoms with Gasteiger partial charge in [-0.3, -0.25) is 4.79 Å². The second-order valence-corrected chi connectivity index (χ2v) is 7.42. The van der Waals surface area contributed by atoms with E-state index in [0.717, 1.165) is 28.4 Å². The highest BCUT2D eigenvalue weighted by Crippen LogP contribution is 2.32. The molecule has 0 spiro atoms. The number of carbonyl (C=O) groups excluding carboxylic acids is 2. The first-order chi connectivity index (χ1) is 12.5. The highest BCUT2D eigenvalue weighted by Gasteiger charge is 2.23. The van der Waals surface area contributed by atoms with Crippen LogP contribution >= 0.6 is 11.3 Å². The summed E-state index contributed by atoms with van der Waals surface area (Å²) >= 11 is 1.42. The molecule has 6 heteroatoms. The van der Waals surface area contributed by atoms with Gasteiger partial charge < -0.3 is 15.0 Å². The van der Waals surface area contributed by atoms with Gasteiger partial charge in [0.1, 0.15) is 11.5 Å². The molecule has 0 saturated carbocycles. The number of hydrogen-bond donors (Lipinski definition) is 2. The van der Waals surface area contributed by atoms with E-state index in [1.807, 2.05) is 32.0 Å². The average Bonchev–Trinajstić information content (AvgIpc) is 2.89. The summed E-state index contributed by atoms with van der Waals surface area (Å²) in [5.74, 6) is -0.474. The molecule has 5 nitrogen and oxygen atoms in total. The topological polar surface area (TPSA) is 59.8 Å². The molecule has 0 fully saturated rings. The molecule has 0 aliphatic heterocycles. The van der Waals surface area contributed by atoms with Gasteiger partial charge in [0.05, 0.1) is 18.7 Å². The predicted octanol–water partition coefficient (Wildman–Crippen LogP) is 2.59. The molecule has 1 aromatic heterocycles. The second kappa shape index (κ2) is 9.50. The van der Waals surface area contributed by atoms with E-state index < -0.39 is 0 Å². The van der Waals surface area contributed by atoms with Crippen molar-refractivity contribution in [3.63, 3.8) is 0 Å². The van der Waals surface area contributed by atoms with Crippen LogP contribution in [0.1, 0.15) is 40.2 Å². The van der Waals surface area contributed by atoms with E-state index in [0.29, 0.717) is 23.7 Å². The summed E-state index contributed by atoms with van der Waals surface area (Å²) in [6, 6.07) is 10.1. The number of quaternary nitrogens is 1. The van der Waals surface area contributed by atoms with Crippen molar-refractivity contribution in [2.45, 2.75) is 34.2 Å². The lowest BCUT2D eigenvalue weighted by atomic mass is 10.1. The van der Waals surface area contributed by atoms with E-state index in [9.17, 15) is 9.59 Å². The second-order valence-electron chi connectivity index (χ2n) is 6.20. The first kappa shape index (κ1) is 20.1. The maximum Gasteiger partial charge on any atom is 0.341 e. The van der Waals surface area contributed by atoms with Gasteiger partial charge in [0.2, 0.25) is 0 Å². The normalized spacial score (nSPS) is 11.8. The Morgan fingerprint density at radius 3 is 2.46 bits per heavy atom. The van der Waals surface area contributed by atoms with Crippen LogP contribution in [-0.4, -0.2) is 31.6 Å². The van der Waals surface area contributed by atoms with Crippen molar-refractivity contribution in [2.24, 2.45) is 0 Å². The number of ether oxygens (including phenoxy) is 1. The minimum absolute atomic E-state index is 0.0930. The number of thiophene rings is 1. The van der Waals surface area contributed by atoms with Gasteiger partial charge in [-0.05, 0) is 33.3 Å². The Balaban J connectivity index is 2.07. The van der Waals surface area contributed by atoms with Gasteiger partial charge in [-0.2, -0.15) is 0 Å². The molecule has 0 aliphatic rings. The van der Waals surface area contributed by atoms with Gasteiger partial charge in [-0.25, -0.2) is 4.79 Å². The van der Waals surface area contributed by atoms with Gasteiger partial charge in [0.25, 0.3) is 5.91 Å². The summed E-state index contributed by atoms with van der Waals surface area (Å²) in [7, 11) is 0. The van der Waals surface area contributed by atoms with Crippen molar-refractivity contribution in [3.05, 3.63) is 51.9 Å². The van der Waals surface area contributed by atoms with E-state index in [1.54, 1.807) is 6.92 Å². The third-order valence-electron chi connectivity index (χ3n) is 4.33. The molecule has 2 rings (SSSR count). The summed E-state index contributed by atoms with van der Waals surface area (Å²) in [4.78, 5) is 26.9. The fourth-order valence-corrected chi connectivity index (χ4v) is 3.82. The van der Waals surface area contributed by atoms with Crippen molar-refractivity contribution in [1.29, 1.82) is 0 Å². The Morgan fingerprint density at radius 1 is 1.15 bits per heavy atom. The lowest BCUT2D eigenvalue weighted by Gasteiger charge is -2.17. The summed E-state index contributed by atoms with van der Waals surface area (Å²) in [5.41, 5.74) is 2.55. The molecule has 0 aliphatic carbocycles. The highest BCUT2D eigenvalue weighted by molar-refractivity contribution is 7.16. The lowest BCUT2D eigenvalue weighted by Crippen LogP contribution is -3.11. The van der Waals surface area contributed by atoms with Crippen LogP contribution in [0.15, 0.2) is 30.3 Å². The summed E-state index contributed by atoms with van der Waals surface area (Å²) in [5, 5.41) is 3.50. The van der Waals surface area contributed by atoms with E-state index in [1.165, 1.54) is 16.9 Å². The Bertz CT molecular complexity index is 756. The highest BCUT2D eigenvalue weighted by atomic mass is 32.1. The number of anilines is 1. The number of carbonyl (C=O) groups is 2. The molecule has 1 amide bonds. The summed E-state index contributed by atoms with van der Waals surface area (Å²) in [6.45, 7) is 9.96. The van der Waals surface area contributed by atoms with Crippen LogP contribution in [0.4, 0.5) is 5.00 Å². The molecule has 1 unspecified atom stereocenters. The Labute approximate surface area is 159 Å². The number of likely N-dealkylation sites (N-methyl/N-ethyl adjacent to an activating group) is 1. The van der Waals surface area contributed by atoms with Gasteiger partial charge in [-0.15, -0.1) is 11.3 Å². The van der Waals surface area contributed by atoms with Crippen LogP contribution in [0.25, 0.3) is 0 Å². The lowest BCUT2D eigenvalue weighted by molar-refractivity contribution is -0.903. The van der Waals surface area contributed by atoms with Crippen LogP contribution in [0.5, 0.6) is 0 Å². The Kier molecular flexibility index (Phi) is 7.36. The summed E-state index contributed by atoms with van der Waals surface area (Å²) < 4.78 is 5.14. The van der Waals surface area contributed by atoms with Crippen LogP contribution < -0.4 is 10.2 Å². The zero-order chi connectivity index (χ0) is 19.1. The molecule has 0 bridgehead atoms. The smallest absolute Gasteiger partial charge is 0.341 e. The molecule has 26 heavy (non-hydrogen) atoms. The molecule has 1 aromatic carbocycles. The van der Waals surface area contributed by atoms with Crippen molar-refractivity contribution in [3.8, 4) is 0 Å². The first-order valence-corrected chi connectivity index (χ1v) is 9.72. The molecule has 2 N–H and O–H groups in total. The monoisotopic (exact) mass is 375 g/mol.